The minimum absolute atomic E-state index is 0.152. The number of aromatic nitrogens is 3. The van der Waals surface area contributed by atoms with Gasteiger partial charge in [-0.05, 0) is 50.9 Å². The molecular weight excluding hydrogens is 358 g/mol. The Morgan fingerprint density at radius 1 is 1.25 bits per heavy atom. The maximum absolute atomic E-state index is 12.8. The number of piperidine rings is 2. The highest BCUT2D eigenvalue weighted by Crippen LogP contribution is 2.30. The third kappa shape index (κ3) is 3.76. The van der Waals surface area contributed by atoms with Crippen LogP contribution in [0, 0.1) is 0 Å². The molecule has 1 N–H and O–H groups in total. The van der Waals surface area contributed by atoms with Gasteiger partial charge in [-0.3, -0.25) is 14.1 Å². The number of carbonyl (C=O) groups is 1. The zero-order valence-corrected chi connectivity index (χ0v) is 16.5. The topological polar surface area (TPSA) is 83.2 Å². The first-order chi connectivity index (χ1) is 13.6. The Morgan fingerprint density at radius 3 is 2.86 bits per heavy atom. The van der Waals surface area contributed by atoms with Crippen molar-refractivity contribution >= 4 is 11.6 Å². The first-order valence-corrected chi connectivity index (χ1v) is 10.1. The lowest BCUT2D eigenvalue weighted by Crippen LogP contribution is -2.59. The van der Waals surface area contributed by atoms with Crippen LogP contribution in [0.1, 0.15) is 37.4 Å². The zero-order chi connectivity index (χ0) is 19.6. The summed E-state index contributed by atoms with van der Waals surface area (Å²) in [7, 11) is 1.63. The van der Waals surface area contributed by atoms with Crippen molar-refractivity contribution in [1.29, 1.82) is 0 Å². The molecule has 2 fully saturated rings. The number of pyridine rings is 1. The van der Waals surface area contributed by atoms with E-state index in [1.54, 1.807) is 12.0 Å². The van der Waals surface area contributed by atoms with E-state index in [1.807, 2.05) is 24.4 Å². The molecule has 8 nitrogen and oxygen atoms in total. The van der Waals surface area contributed by atoms with Crippen LogP contribution in [0.15, 0.2) is 24.4 Å². The number of hydrogen-bond donors (Lipinski definition) is 1. The van der Waals surface area contributed by atoms with Crippen LogP contribution in [0.3, 0.4) is 0 Å². The second-order valence-electron chi connectivity index (χ2n) is 7.96. The average molecular weight is 387 g/mol. The maximum atomic E-state index is 12.8. The standard InChI is InChI=1S/C20H29N5O3/c1-28-14-13-24-9-4-8-20(27,19(24)26)15-23-11-6-16(7-12-23)18-22-21-17-5-2-3-10-25(17)18/h2-3,5,10,16,27H,4,6-9,11-15H2,1H3. The van der Waals surface area contributed by atoms with E-state index in [0.29, 0.717) is 38.6 Å². The van der Waals surface area contributed by atoms with Crippen LogP contribution < -0.4 is 0 Å². The number of β-amino-alcohol motifs (C(OH)–C–C–N with tert-alkyl or cyclic N) is 1. The summed E-state index contributed by atoms with van der Waals surface area (Å²) in [6.07, 6.45) is 5.27. The van der Waals surface area contributed by atoms with Gasteiger partial charge >= 0.3 is 0 Å². The van der Waals surface area contributed by atoms with Crippen molar-refractivity contribution in [3.63, 3.8) is 0 Å². The van der Waals surface area contributed by atoms with Crippen molar-refractivity contribution in [1.82, 2.24) is 24.4 Å². The van der Waals surface area contributed by atoms with Gasteiger partial charge in [-0.15, -0.1) is 10.2 Å². The third-order valence-electron chi connectivity index (χ3n) is 6.05. The predicted molar refractivity (Wildman–Crippen MR) is 104 cm³/mol. The van der Waals surface area contributed by atoms with Crippen molar-refractivity contribution in [3.05, 3.63) is 30.2 Å². The molecule has 2 saturated heterocycles. The summed E-state index contributed by atoms with van der Waals surface area (Å²) in [6.45, 7) is 3.84. The molecule has 4 rings (SSSR count). The molecule has 1 unspecified atom stereocenters. The molecule has 28 heavy (non-hydrogen) atoms. The zero-order valence-electron chi connectivity index (χ0n) is 16.5. The molecule has 0 saturated carbocycles. The number of methoxy groups -OCH3 is 1. The number of rotatable bonds is 6. The molecule has 1 atom stereocenters. The van der Waals surface area contributed by atoms with Gasteiger partial charge in [0.15, 0.2) is 11.2 Å². The van der Waals surface area contributed by atoms with Crippen LogP contribution in [0.2, 0.25) is 0 Å². The Kier molecular flexibility index (Phi) is 5.61. The Labute approximate surface area is 165 Å². The molecule has 2 aliphatic heterocycles. The van der Waals surface area contributed by atoms with Gasteiger partial charge in [0.05, 0.1) is 6.61 Å². The van der Waals surface area contributed by atoms with Crippen LogP contribution in [0.4, 0.5) is 0 Å². The number of carbonyl (C=O) groups excluding carboxylic acids is 1. The highest BCUT2D eigenvalue weighted by atomic mass is 16.5. The van der Waals surface area contributed by atoms with Gasteiger partial charge in [-0.1, -0.05) is 6.07 Å². The van der Waals surface area contributed by atoms with E-state index in [9.17, 15) is 9.90 Å². The van der Waals surface area contributed by atoms with E-state index in [4.69, 9.17) is 4.74 Å². The Bertz CT molecular complexity index is 817. The normalized spacial score (nSPS) is 24.9. The number of likely N-dealkylation sites (tertiary alicyclic amines) is 2. The van der Waals surface area contributed by atoms with Gasteiger partial charge < -0.3 is 14.7 Å². The first kappa shape index (κ1) is 19.3. The van der Waals surface area contributed by atoms with Crippen molar-refractivity contribution in [3.8, 4) is 0 Å². The van der Waals surface area contributed by atoms with Gasteiger partial charge in [-0.25, -0.2) is 0 Å². The molecule has 0 spiro atoms. The molecule has 152 valence electrons. The number of amides is 1. The summed E-state index contributed by atoms with van der Waals surface area (Å²) in [6, 6.07) is 5.92. The number of ether oxygens (including phenoxy) is 1. The van der Waals surface area contributed by atoms with Gasteiger partial charge in [0.2, 0.25) is 0 Å². The van der Waals surface area contributed by atoms with Crippen molar-refractivity contribution in [2.75, 3.05) is 46.4 Å². The van der Waals surface area contributed by atoms with Gasteiger partial charge in [-0.2, -0.15) is 0 Å². The maximum Gasteiger partial charge on any atom is 0.255 e. The highest BCUT2D eigenvalue weighted by molar-refractivity contribution is 5.86. The molecule has 0 aliphatic carbocycles. The lowest BCUT2D eigenvalue weighted by molar-refractivity contribution is -0.160. The molecule has 0 radical (unpaired) electrons. The molecule has 2 aromatic rings. The Balaban J connectivity index is 1.36. The van der Waals surface area contributed by atoms with Gasteiger partial charge in [0.1, 0.15) is 5.82 Å². The highest BCUT2D eigenvalue weighted by Gasteiger charge is 2.43. The van der Waals surface area contributed by atoms with Crippen LogP contribution in [0.25, 0.3) is 5.65 Å². The van der Waals surface area contributed by atoms with E-state index >= 15 is 0 Å². The van der Waals surface area contributed by atoms with Crippen molar-refractivity contribution < 1.29 is 14.6 Å². The molecule has 0 bridgehead atoms. The van der Waals surface area contributed by atoms with Crippen molar-refractivity contribution in [2.24, 2.45) is 0 Å². The molecule has 1 amide bonds. The number of nitrogens with zero attached hydrogens (tertiary/aromatic N) is 5. The lowest BCUT2D eigenvalue weighted by Gasteiger charge is -2.42. The van der Waals surface area contributed by atoms with Crippen LogP contribution in [-0.2, 0) is 9.53 Å². The summed E-state index contributed by atoms with van der Waals surface area (Å²) in [4.78, 5) is 16.8. The Hall–Kier alpha value is -2.03. The molecular formula is C20H29N5O3. The molecule has 4 heterocycles. The van der Waals surface area contributed by atoms with Crippen LogP contribution in [-0.4, -0.2) is 87.5 Å². The van der Waals surface area contributed by atoms with Crippen molar-refractivity contribution in [2.45, 2.75) is 37.2 Å². The number of aliphatic hydroxyl groups is 1. The second-order valence-corrected chi connectivity index (χ2v) is 7.96. The van der Waals surface area contributed by atoms with Gasteiger partial charge in [0, 0.05) is 38.9 Å². The molecule has 0 aromatic carbocycles. The summed E-state index contributed by atoms with van der Waals surface area (Å²) >= 11 is 0. The van der Waals surface area contributed by atoms with E-state index in [-0.39, 0.29) is 5.91 Å². The van der Waals surface area contributed by atoms with Gasteiger partial charge in [0.25, 0.3) is 5.91 Å². The van der Waals surface area contributed by atoms with E-state index in [0.717, 1.165) is 43.8 Å². The SMILES string of the molecule is COCCN1CCCC(O)(CN2CCC(c3nnc4ccccn34)CC2)C1=O. The van der Waals surface area contributed by atoms with Crippen LogP contribution in [0.5, 0.6) is 0 Å². The predicted octanol–water partition coefficient (Wildman–Crippen LogP) is 0.909. The summed E-state index contributed by atoms with van der Waals surface area (Å²) in [5.74, 6) is 1.21. The van der Waals surface area contributed by atoms with E-state index in [1.165, 1.54) is 0 Å². The average Bonchev–Trinajstić information content (AvgIpc) is 3.14. The third-order valence-corrected chi connectivity index (χ3v) is 6.05. The minimum Gasteiger partial charge on any atom is -0.383 e. The largest absolute Gasteiger partial charge is 0.383 e. The summed E-state index contributed by atoms with van der Waals surface area (Å²) in [5, 5.41) is 19.7. The van der Waals surface area contributed by atoms with E-state index in [2.05, 4.69) is 19.5 Å². The number of hydrogen-bond acceptors (Lipinski definition) is 6. The fourth-order valence-corrected chi connectivity index (χ4v) is 4.48. The van der Waals surface area contributed by atoms with E-state index < -0.39 is 5.60 Å². The molecule has 2 aromatic heterocycles. The fraction of sp³-hybridized carbons (Fsp3) is 0.650. The quantitative estimate of drug-likeness (QED) is 0.793. The summed E-state index contributed by atoms with van der Waals surface area (Å²) < 4.78 is 7.15. The first-order valence-electron chi connectivity index (χ1n) is 10.1. The smallest absolute Gasteiger partial charge is 0.255 e. The lowest BCUT2D eigenvalue weighted by atomic mass is 9.89. The van der Waals surface area contributed by atoms with Crippen LogP contribution >= 0.6 is 0 Å². The monoisotopic (exact) mass is 387 g/mol. The second kappa shape index (κ2) is 8.14. The summed E-state index contributed by atoms with van der Waals surface area (Å²) in [5.41, 5.74) is -0.404. The fourth-order valence-electron chi connectivity index (χ4n) is 4.48. The molecule has 8 heteroatoms. The minimum atomic E-state index is -1.28. The number of fused-ring (bicyclic) bond motifs is 1. The molecule has 2 aliphatic rings. The Morgan fingerprint density at radius 2 is 2.07 bits per heavy atom.